The maximum atomic E-state index is 13.1. The fraction of sp³-hybridized carbons (Fsp3) is 0.167. The zero-order chi connectivity index (χ0) is 23.8. The minimum absolute atomic E-state index is 0.0846. The molecule has 0 fully saturated rings. The largest absolute Gasteiger partial charge is 0.493 e. The number of hydrogen-bond donors (Lipinski definition) is 2. The maximum Gasteiger partial charge on any atom is 0.264 e. The van der Waals surface area contributed by atoms with Crippen molar-refractivity contribution in [3.8, 4) is 5.75 Å². The number of nitrogens with one attached hydrogen (secondary N) is 2. The van der Waals surface area contributed by atoms with E-state index in [-0.39, 0.29) is 10.0 Å². The van der Waals surface area contributed by atoms with Crippen LogP contribution in [-0.2, 0) is 10.0 Å². The summed E-state index contributed by atoms with van der Waals surface area (Å²) in [5.41, 5.74) is 1.50. The van der Waals surface area contributed by atoms with Crippen molar-refractivity contribution < 1.29 is 17.9 Å². The lowest BCUT2D eigenvalue weighted by atomic mass is 10.2. The minimum Gasteiger partial charge on any atom is -0.493 e. The molecule has 0 aliphatic heterocycles. The summed E-state index contributed by atoms with van der Waals surface area (Å²) in [6.07, 6.45) is 0. The van der Waals surface area contributed by atoms with Crippen LogP contribution in [0.2, 0.25) is 0 Å². The van der Waals surface area contributed by atoms with E-state index in [4.69, 9.17) is 17.0 Å². The van der Waals surface area contributed by atoms with Crippen molar-refractivity contribution in [1.29, 1.82) is 0 Å². The Labute approximate surface area is 199 Å². The molecule has 9 heteroatoms. The summed E-state index contributed by atoms with van der Waals surface area (Å²) >= 11 is 5.24. The van der Waals surface area contributed by atoms with Crippen LogP contribution in [0.1, 0.15) is 24.2 Å². The molecule has 172 valence electrons. The number of benzene rings is 3. The SMILES string of the molecule is CCOc1ccccc1C(=O)NC(=S)Nc1ccc(S(=O)(=O)N(CC)c2ccccc2)cc1. The smallest absolute Gasteiger partial charge is 0.264 e. The molecule has 3 aromatic carbocycles. The molecule has 0 aliphatic rings. The number of anilines is 2. The summed E-state index contributed by atoms with van der Waals surface area (Å²) in [4.78, 5) is 12.7. The highest BCUT2D eigenvalue weighted by atomic mass is 32.2. The summed E-state index contributed by atoms with van der Waals surface area (Å²) in [6, 6.07) is 22.0. The van der Waals surface area contributed by atoms with Crippen LogP contribution in [0.3, 0.4) is 0 Å². The molecule has 0 saturated carbocycles. The summed E-state index contributed by atoms with van der Waals surface area (Å²) in [5, 5.41) is 5.59. The van der Waals surface area contributed by atoms with E-state index in [2.05, 4.69) is 10.6 Å². The molecule has 3 rings (SSSR count). The number of hydrogen-bond acceptors (Lipinski definition) is 5. The Morgan fingerprint density at radius 2 is 1.58 bits per heavy atom. The van der Waals surface area contributed by atoms with Gasteiger partial charge in [0.05, 0.1) is 22.8 Å². The first kappa shape index (κ1) is 24.2. The van der Waals surface area contributed by atoms with Gasteiger partial charge in [-0.25, -0.2) is 8.42 Å². The molecule has 0 bridgehead atoms. The number of para-hydroxylation sites is 2. The minimum atomic E-state index is -3.73. The molecular formula is C24H25N3O4S2. The molecule has 33 heavy (non-hydrogen) atoms. The molecule has 0 spiro atoms. The second-order valence-corrected chi connectivity index (χ2v) is 9.14. The van der Waals surface area contributed by atoms with Crippen molar-refractivity contribution in [2.75, 3.05) is 22.8 Å². The maximum absolute atomic E-state index is 13.1. The topological polar surface area (TPSA) is 87.7 Å². The van der Waals surface area contributed by atoms with Crippen molar-refractivity contribution in [2.24, 2.45) is 0 Å². The summed E-state index contributed by atoms with van der Waals surface area (Å²) in [5.74, 6) is 0.0611. The number of thiocarbonyl (C=S) groups is 1. The second kappa shape index (κ2) is 10.9. The van der Waals surface area contributed by atoms with E-state index in [0.29, 0.717) is 35.8 Å². The highest BCUT2D eigenvalue weighted by Crippen LogP contribution is 2.24. The van der Waals surface area contributed by atoms with Crippen molar-refractivity contribution in [1.82, 2.24) is 5.32 Å². The van der Waals surface area contributed by atoms with Crippen LogP contribution in [0.5, 0.6) is 5.75 Å². The van der Waals surface area contributed by atoms with Gasteiger partial charge in [0.25, 0.3) is 15.9 Å². The Balaban J connectivity index is 1.69. The number of amides is 1. The van der Waals surface area contributed by atoms with Gasteiger partial charge in [0.2, 0.25) is 0 Å². The first-order chi connectivity index (χ1) is 15.9. The van der Waals surface area contributed by atoms with Crippen LogP contribution in [-0.4, -0.2) is 32.6 Å². The average Bonchev–Trinajstić information content (AvgIpc) is 2.81. The highest BCUT2D eigenvalue weighted by molar-refractivity contribution is 7.92. The number of sulfonamides is 1. The first-order valence-corrected chi connectivity index (χ1v) is 12.2. The normalized spacial score (nSPS) is 10.8. The molecule has 7 nitrogen and oxygen atoms in total. The summed E-state index contributed by atoms with van der Waals surface area (Å²) < 4.78 is 33.0. The fourth-order valence-corrected chi connectivity index (χ4v) is 4.88. The van der Waals surface area contributed by atoms with Crippen molar-refractivity contribution >= 4 is 44.6 Å². The third kappa shape index (κ3) is 5.88. The van der Waals surface area contributed by atoms with Gasteiger partial charge in [-0.2, -0.15) is 0 Å². The lowest BCUT2D eigenvalue weighted by Crippen LogP contribution is -2.34. The van der Waals surface area contributed by atoms with E-state index in [9.17, 15) is 13.2 Å². The molecule has 2 N–H and O–H groups in total. The molecule has 0 heterocycles. The standard InChI is InChI=1S/C24H25N3O4S2/c1-3-27(19-10-6-5-7-11-19)33(29,30)20-16-14-18(15-17-20)25-24(32)26-23(28)21-12-8-9-13-22(21)31-4-2/h5-17H,3-4H2,1-2H3,(H2,25,26,28,32). The number of ether oxygens (including phenoxy) is 1. The molecule has 3 aromatic rings. The van der Waals surface area contributed by atoms with E-state index in [0.717, 1.165) is 0 Å². The Morgan fingerprint density at radius 3 is 2.21 bits per heavy atom. The van der Waals surface area contributed by atoms with Crippen LogP contribution >= 0.6 is 12.2 Å². The van der Waals surface area contributed by atoms with Gasteiger partial charge >= 0.3 is 0 Å². The van der Waals surface area contributed by atoms with Crippen molar-refractivity contribution in [3.63, 3.8) is 0 Å². The van der Waals surface area contributed by atoms with Gasteiger partial charge < -0.3 is 10.1 Å². The molecule has 0 aromatic heterocycles. The molecule has 0 aliphatic carbocycles. The van der Waals surface area contributed by atoms with Crippen molar-refractivity contribution in [3.05, 3.63) is 84.4 Å². The average molecular weight is 484 g/mol. The monoisotopic (exact) mass is 483 g/mol. The molecule has 0 atom stereocenters. The second-order valence-electron chi connectivity index (χ2n) is 6.87. The Bertz CT molecular complexity index is 1210. The first-order valence-electron chi connectivity index (χ1n) is 10.4. The molecular weight excluding hydrogens is 458 g/mol. The van der Waals surface area contributed by atoms with Gasteiger partial charge in [0.1, 0.15) is 5.75 Å². The van der Waals surface area contributed by atoms with Crippen LogP contribution in [0.25, 0.3) is 0 Å². The molecule has 0 saturated heterocycles. The zero-order valence-electron chi connectivity index (χ0n) is 18.3. The third-order valence-electron chi connectivity index (χ3n) is 4.69. The Hall–Kier alpha value is -3.43. The molecule has 0 unspecified atom stereocenters. The number of rotatable bonds is 8. The number of carbonyl (C=O) groups is 1. The summed E-state index contributed by atoms with van der Waals surface area (Å²) in [6.45, 7) is 4.35. The van der Waals surface area contributed by atoms with Gasteiger partial charge in [-0.05, 0) is 74.6 Å². The van der Waals surface area contributed by atoms with Crippen LogP contribution < -0.4 is 19.7 Å². The van der Waals surface area contributed by atoms with E-state index >= 15 is 0 Å². The Morgan fingerprint density at radius 1 is 0.939 bits per heavy atom. The number of nitrogens with zero attached hydrogens (tertiary/aromatic N) is 1. The lowest BCUT2D eigenvalue weighted by Gasteiger charge is -2.23. The van der Waals surface area contributed by atoms with Gasteiger partial charge in [-0.1, -0.05) is 30.3 Å². The quantitative estimate of drug-likeness (QED) is 0.461. The van der Waals surface area contributed by atoms with Gasteiger partial charge in [-0.3, -0.25) is 14.4 Å². The lowest BCUT2D eigenvalue weighted by molar-refractivity contribution is 0.0974. The van der Waals surface area contributed by atoms with Gasteiger partial charge in [0, 0.05) is 12.2 Å². The highest BCUT2D eigenvalue weighted by Gasteiger charge is 2.23. The van der Waals surface area contributed by atoms with Crippen LogP contribution in [0, 0.1) is 0 Å². The predicted molar refractivity (Wildman–Crippen MR) is 134 cm³/mol. The van der Waals surface area contributed by atoms with E-state index < -0.39 is 15.9 Å². The zero-order valence-corrected chi connectivity index (χ0v) is 19.9. The third-order valence-corrected chi connectivity index (χ3v) is 6.81. The van der Waals surface area contributed by atoms with Gasteiger partial charge in [-0.15, -0.1) is 0 Å². The van der Waals surface area contributed by atoms with Gasteiger partial charge in [0.15, 0.2) is 5.11 Å². The van der Waals surface area contributed by atoms with Crippen LogP contribution in [0.4, 0.5) is 11.4 Å². The van der Waals surface area contributed by atoms with E-state index in [1.165, 1.54) is 16.4 Å². The predicted octanol–water partition coefficient (Wildman–Crippen LogP) is 4.43. The summed E-state index contributed by atoms with van der Waals surface area (Å²) in [7, 11) is -3.73. The van der Waals surface area contributed by atoms with E-state index in [1.54, 1.807) is 67.6 Å². The molecule has 0 radical (unpaired) electrons. The van der Waals surface area contributed by atoms with Crippen LogP contribution in [0.15, 0.2) is 83.8 Å². The fourth-order valence-electron chi connectivity index (χ4n) is 3.19. The number of carbonyl (C=O) groups excluding carboxylic acids is 1. The van der Waals surface area contributed by atoms with E-state index in [1.807, 2.05) is 13.0 Å². The molecule has 1 amide bonds. The Kier molecular flexibility index (Phi) is 8.02. The van der Waals surface area contributed by atoms with Crippen molar-refractivity contribution in [2.45, 2.75) is 18.7 Å².